The molecule has 1 saturated carbocycles. The van der Waals surface area contributed by atoms with Crippen molar-refractivity contribution >= 4 is 5.91 Å². The fourth-order valence-electron chi connectivity index (χ4n) is 2.97. The molecule has 0 unspecified atom stereocenters. The van der Waals surface area contributed by atoms with Crippen LogP contribution in [-0.2, 0) is 17.8 Å². The van der Waals surface area contributed by atoms with Crippen molar-refractivity contribution < 1.29 is 18.1 Å². The van der Waals surface area contributed by atoms with E-state index in [0.717, 1.165) is 5.56 Å². The molecule has 2 aromatic rings. The molecule has 1 N–H and O–H groups in total. The van der Waals surface area contributed by atoms with Crippen molar-refractivity contribution in [2.45, 2.75) is 56.9 Å². The number of aromatic nitrogens is 2. The number of aryl methyl sites for hydroxylation is 1. The van der Waals surface area contributed by atoms with E-state index >= 15 is 0 Å². The quantitative estimate of drug-likeness (QED) is 0.865. The first kappa shape index (κ1) is 17.5. The van der Waals surface area contributed by atoms with Crippen LogP contribution in [0.1, 0.15) is 55.3 Å². The minimum Gasteiger partial charge on any atom is -0.347 e. The summed E-state index contributed by atoms with van der Waals surface area (Å²) in [6, 6.07) is 9.77. The first-order chi connectivity index (χ1) is 12.0. The largest absolute Gasteiger partial charge is 0.347 e. The second kappa shape index (κ2) is 7.72. The monoisotopic (exact) mass is 349 g/mol. The van der Waals surface area contributed by atoms with Crippen molar-refractivity contribution in [2.75, 3.05) is 0 Å². The molecule has 0 spiro atoms. The zero-order chi connectivity index (χ0) is 17.7. The maximum absolute atomic E-state index is 13.2. The SMILES string of the molecule is O=C(CCc1ccccc1)NCc1nc(C2CCC(F)(F)CC2)no1. The zero-order valence-corrected chi connectivity index (χ0v) is 13.9. The van der Waals surface area contributed by atoms with Crippen LogP contribution in [0, 0.1) is 0 Å². The number of rotatable bonds is 6. The number of hydrogen-bond donors (Lipinski definition) is 1. The third kappa shape index (κ3) is 5.08. The molecule has 1 amide bonds. The molecule has 0 bridgehead atoms. The number of alkyl halides is 2. The molecule has 3 rings (SSSR count). The van der Waals surface area contributed by atoms with Gasteiger partial charge < -0.3 is 9.84 Å². The highest BCUT2D eigenvalue weighted by Gasteiger charge is 2.36. The summed E-state index contributed by atoms with van der Waals surface area (Å²) < 4.78 is 31.5. The van der Waals surface area contributed by atoms with Gasteiger partial charge in [-0.2, -0.15) is 4.98 Å². The Morgan fingerprint density at radius 2 is 1.96 bits per heavy atom. The van der Waals surface area contributed by atoms with E-state index in [0.29, 0.717) is 37.4 Å². The van der Waals surface area contributed by atoms with Gasteiger partial charge in [-0.05, 0) is 24.8 Å². The highest BCUT2D eigenvalue weighted by Crippen LogP contribution is 2.39. The first-order valence-corrected chi connectivity index (χ1v) is 8.53. The second-order valence-electron chi connectivity index (χ2n) is 6.44. The molecule has 0 radical (unpaired) electrons. The van der Waals surface area contributed by atoms with Gasteiger partial charge in [0.1, 0.15) is 0 Å². The lowest BCUT2D eigenvalue weighted by Gasteiger charge is -2.26. The predicted octanol–water partition coefficient (Wildman–Crippen LogP) is 3.61. The van der Waals surface area contributed by atoms with Gasteiger partial charge in [0.05, 0.1) is 6.54 Å². The summed E-state index contributed by atoms with van der Waals surface area (Å²) in [7, 11) is 0. The molecule has 1 aliphatic carbocycles. The molecule has 134 valence electrons. The van der Waals surface area contributed by atoms with Gasteiger partial charge in [-0.3, -0.25) is 4.79 Å². The van der Waals surface area contributed by atoms with E-state index in [-0.39, 0.29) is 31.2 Å². The van der Waals surface area contributed by atoms with Crippen molar-refractivity contribution in [1.82, 2.24) is 15.5 Å². The summed E-state index contributed by atoms with van der Waals surface area (Å²) in [5.41, 5.74) is 1.10. The maximum Gasteiger partial charge on any atom is 0.248 e. The summed E-state index contributed by atoms with van der Waals surface area (Å²) in [5.74, 6) is -1.99. The Kier molecular flexibility index (Phi) is 5.40. The van der Waals surface area contributed by atoms with Crippen LogP contribution in [-0.4, -0.2) is 22.0 Å². The minimum absolute atomic E-state index is 0.0918. The Morgan fingerprint density at radius 1 is 1.24 bits per heavy atom. The number of amides is 1. The number of carbonyl (C=O) groups is 1. The molecular weight excluding hydrogens is 328 g/mol. The van der Waals surface area contributed by atoms with Gasteiger partial charge in [0.2, 0.25) is 17.7 Å². The van der Waals surface area contributed by atoms with Crippen LogP contribution in [0.5, 0.6) is 0 Å². The molecule has 7 heteroatoms. The number of nitrogens with one attached hydrogen (secondary N) is 1. The van der Waals surface area contributed by atoms with Crippen molar-refractivity contribution in [3.8, 4) is 0 Å². The van der Waals surface area contributed by atoms with Gasteiger partial charge in [-0.15, -0.1) is 0 Å². The molecule has 0 atom stereocenters. The number of carbonyl (C=O) groups excluding carboxylic acids is 1. The van der Waals surface area contributed by atoms with E-state index in [4.69, 9.17) is 4.52 Å². The van der Waals surface area contributed by atoms with Gasteiger partial charge in [0.15, 0.2) is 5.82 Å². The summed E-state index contributed by atoms with van der Waals surface area (Å²) >= 11 is 0. The third-order valence-corrected chi connectivity index (χ3v) is 4.49. The van der Waals surface area contributed by atoms with E-state index in [1.165, 1.54) is 0 Å². The molecule has 1 aromatic heterocycles. The minimum atomic E-state index is -2.57. The van der Waals surface area contributed by atoms with E-state index < -0.39 is 5.92 Å². The van der Waals surface area contributed by atoms with Crippen LogP contribution in [0.15, 0.2) is 34.9 Å². The lowest BCUT2D eigenvalue weighted by Crippen LogP contribution is -2.24. The highest BCUT2D eigenvalue weighted by atomic mass is 19.3. The average Bonchev–Trinajstić information content (AvgIpc) is 3.08. The third-order valence-electron chi connectivity index (χ3n) is 4.49. The summed E-state index contributed by atoms with van der Waals surface area (Å²) in [4.78, 5) is 16.1. The topological polar surface area (TPSA) is 68.0 Å². The van der Waals surface area contributed by atoms with Crippen LogP contribution in [0.3, 0.4) is 0 Å². The summed E-state index contributed by atoms with van der Waals surface area (Å²) in [5, 5.41) is 6.62. The van der Waals surface area contributed by atoms with Gasteiger partial charge in [-0.25, -0.2) is 8.78 Å². The van der Waals surface area contributed by atoms with Gasteiger partial charge >= 0.3 is 0 Å². The van der Waals surface area contributed by atoms with Crippen LogP contribution < -0.4 is 5.32 Å². The lowest BCUT2D eigenvalue weighted by atomic mass is 9.86. The van der Waals surface area contributed by atoms with Crippen molar-refractivity contribution in [3.63, 3.8) is 0 Å². The van der Waals surface area contributed by atoms with Crippen LogP contribution in [0.4, 0.5) is 8.78 Å². The summed E-state index contributed by atoms with van der Waals surface area (Å²) in [6.45, 7) is 0.156. The number of nitrogens with zero attached hydrogens (tertiary/aromatic N) is 2. The molecular formula is C18H21F2N3O2. The Hall–Kier alpha value is -2.31. The molecule has 5 nitrogen and oxygen atoms in total. The van der Waals surface area contributed by atoms with Crippen LogP contribution >= 0.6 is 0 Å². The summed E-state index contributed by atoms with van der Waals surface area (Å²) in [6.07, 6.45) is 1.47. The van der Waals surface area contributed by atoms with E-state index in [1.807, 2.05) is 30.3 Å². The predicted molar refractivity (Wildman–Crippen MR) is 87.1 cm³/mol. The smallest absolute Gasteiger partial charge is 0.248 e. The van der Waals surface area contributed by atoms with E-state index in [9.17, 15) is 13.6 Å². The highest BCUT2D eigenvalue weighted by molar-refractivity contribution is 5.76. The number of halogens is 2. The molecule has 0 saturated heterocycles. The standard InChI is InChI=1S/C18H21F2N3O2/c19-18(20)10-8-14(9-11-18)17-22-16(25-23-17)12-21-15(24)7-6-13-4-2-1-3-5-13/h1-5,14H,6-12H2,(H,21,24). The molecule has 1 heterocycles. The first-order valence-electron chi connectivity index (χ1n) is 8.53. The van der Waals surface area contributed by atoms with Crippen molar-refractivity contribution in [2.24, 2.45) is 0 Å². The normalized spacial score (nSPS) is 17.4. The molecule has 1 fully saturated rings. The Bertz CT molecular complexity index is 693. The average molecular weight is 349 g/mol. The lowest BCUT2D eigenvalue weighted by molar-refractivity contribution is -0.121. The molecule has 1 aromatic carbocycles. The second-order valence-corrected chi connectivity index (χ2v) is 6.44. The Morgan fingerprint density at radius 3 is 2.68 bits per heavy atom. The maximum atomic E-state index is 13.2. The molecule has 0 aliphatic heterocycles. The zero-order valence-electron chi connectivity index (χ0n) is 13.9. The van der Waals surface area contributed by atoms with Gasteiger partial charge in [0.25, 0.3) is 0 Å². The van der Waals surface area contributed by atoms with Crippen molar-refractivity contribution in [3.05, 3.63) is 47.6 Å². The fourth-order valence-corrected chi connectivity index (χ4v) is 2.97. The molecule has 1 aliphatic rings. The van der Waals surface area contributed by atoms with Crippen LogP contribution in [0.2, 0.25) is 0 Å². The van der Waals surface area contributed by atoms with Gasteiger partial charge in [0, 0.05) is 25.2 Å². The molecule has 25 heavy (non-hydrogen) atoms. The fraction of sp³-hybridized carbons (Fsp3) is 0.500. The number of benzene rings is 1. The van der Waals surface area contributed by atoms with E-state index in [1.54, 1.807) is 0 Å². The van der Waals surface area contributed by atoms with Crippen LogP contribution in [0.25, 0.3) is 0 Å². The Labute approximate surface area is 144 Å². The van der Waals surface area contributed by atoms with Gasteiger partial charge in [-0.1, -0.05) is 35.5 Å². The van der Waals surface area contributed by atoms with Crippen molar-refractivity contribution in [1.29, 1.82) is 0 Å². The number of hydrogen-bond acceptors (Lipinski definition) is 4. The van der Waals surface area contributed by atoms with E-state index in [2.05, 4.69) is 15.5 Å². The Balaban J connectivity index is 1.43.